The number of para-hydroxylation sites is 1. The molecule has 2 saturated carbocycles. The molecule has 0 aromatic heterocycles. The Balaban J connectivity index is 1.33. The number of halogens is 1. The fourth-order valence-corrected chi connectivity index (χ4v) is 8.50. The van der Waals surface area contributed by atoms with E-state index >= 15 is 0 Å². The summed E-state index contributed by atoms with van der Waals surface area (Å²) < 4.78 is 36.6. The van der Waals surface area contributed by atoms with Crippen molar-refractivity contribution in [3.8, 4) is 0 Å². The second-order valence-electron chi connectivity index (χ2n) is 12.4. The van der Waals surface area contributed by atoms with Gasteiger partial charge in [-0.3, -0.25) is 4.79 Å². The number of anilines is 1. The Morgan fingerprint density at radius 3 is 2.54 bits per heavy atom. The van der Waals surface area contributed by atoms with Crippen molar-refractivity contribution in [1.29, 1.82) is 0 Å². The Hall–Kier alpha value is -2.27. The SMILES string of the molecule is COCCOCOC[C@H]1C2CC3CC(OC)CCC3C2C2(CCN(C(=O)Nc3ccccc3F)CC2)CN1C(C)=O. The second kappa shape index (κ2) is 13.4. The number of rotatable bonds is 9. The fraction of sp³-hybridized carbons (Fsp3) is 0.742. The van der Waals surface area contributed by atoms with Crippen LogP contribution in [0.2, 0.25) is 0 Å². The van der Waals surface area contributed by atoms with Crippen molar-refractivity contribution in [2.75, 3.05) is 65.8 Å². The van der Waals surface area contributed by atoms with Gasteiger partial charge in [0.05, 0.1) is 37.7 Å². The highest BCUT2D eigenvalue weighted by atomic mass is 19.1. The summed E-state index contributed by atoms with van der Waals surface area (Å²) in [6, 6.07) is 5.98. The molecule has 2 aliphatic heterocycles. The summed E-state index contributed by atoms with van der Waals surface area (Å²) in [5.41, 5.74) is 0.136. The summed E-state index contributed by atoms with van der Waals surface area (Å²) in [6.07, 6.45) is 6.28. The number of fused-ring (bicyclic) bond motifs is 4. The van der Waals surface area contributed by atoms with Crippen LogP contribution in [0.1, 0.15) is 45.4 Å². The highest BCUT2D eigenvalue weighted by Gasteiger charge is 2.61. The molecule has 228 valence electrons. The Kier molecular flexibility index (Phi) is 9.84. The zero-order valence-corrected chi connectivity index (χ0v) is 24.7. The number of nitrogens with zero attached hydrogens (tertiary/aromatic N) is 2. The van der Waals surface area contributed by atoms with Gasteiger partial charge in [-0.2, -0.15) is 0 Å². The molecule has 4 fully saturated rings. The Morgan fingerprint density at radius 1 is 1.05 bits per heavy atom. The van der Waals surface area contributed by atoms with Gasteiger partial charge in [-0.05, 0) is 79.7 Å². The number of nitrogens with one attached hydrogen (secondary N) is 1. The molecule has 4 aliphatic rings. The molecular formula is C31H46FN3O6. The maximum Gasteiger partial charge on any atom is 0.321 e. The number of carbonyl (C=O) groups excluding carboxylic acids is 2. The molecule has 9 nitrogen and oxygen atoms in total. The standard InChI is InChI=1S/C31H46FN3O6/c1-21(36)35-19-31(10-12-34(13-11-31)30(37)33-27-7-5-4-6-26(27)32)29-24-9-8-23(39-3)16-22(24)17-25(29)28(35)18-41-20-40-15-14-38-2/h4-7,22-25,28-29H,8-20H2,1-3H3,(H,33,37)/t22?,23?,24?,25?,28-,29?/m0/s1. The first-order chi connectivity index (χ1) is 19.9. The number of hydrogen-bond donors (Lipinski definition) is 1. The lowest BCUT2D eigenvalue weighted by Crippen LogP contribution is -2.63. The molecule has 3 amide bonds. The van der Waals surface area contributed by atoms with E-state index in [-0.39, 0.29) is 35.9 Å². The number of benzene rings is 1. The van der Waals surface area contributed by atoms with E-state index in [0.717, 1.165) is 38.5 Å². The van der Waals surface area contributed by atoms with Gasteiger partial charge in [-0.25, -0.2) is 9.18 Å². The van der Waals surface area contributed by atoms with Crippen LogP contribution in [0.25, 0.3) is 0 Å². The molecule has 1 aromatic rings. The van der Waals surface area contributed by atoms with Crippen LogP contribution in [0.15, 0.2) is 24.3 Å². The zero-order chi connectivity index (χ0) is 29.0. The molecule has 2 saturated heterocycles. The zero-order valence-electron chi connectivity index (χ0n) is 24.7. The van der Waals surface area contributed by atoms with Gasteiger partial charge in [-0.15, -0.1) is 0 Å². The van der Waals surface area contributed by atoms with E-state index in [2.05, 4.69) is 10.2 Å². The van der Waals surface area contributed by atoms with E-state index in [9.17, 15) is 14.0 Å². The van der Waals surface area contributed by atoms with E-state index < -0.39 is 5.82 Å². The highest BCUT2D eigenvalue weighted by Crippen LogP contribution is 2.62. The minimum atomic E-state index is -0.442. The lowest BCUT2D eigenvalue weighted by atomic mass is 9.57. The van der Waals surface area contributed by atoms with E-state index in [4.69, 9.17) is 18.9 Å². The Bertz CT molecular complexity index is 1050. The Morgan fingerprint density at radius 2 is 1.83 bits per heavy atom. The molecule has 1 spiro atoms. The molecule has 5 unspecified atom stereocenters. The Labute approximate surface area is 243 Å². The monoisotopic (exact) mass is 575 g/mol. The van der Waals surface area contributed by atoms with Crippen LogP contribution in [0, 0.1) is 34.9 Å². The second-order valence-corrected chi connectivity index (χ2v) is 12.4. The number of urea groups is 1. The fourth-order valence-electron chi connectivity index (χ4n) is 8.50. The number of hydrogen-bond acceptors (Lipinski definition) is 6. The smallest absolute Gasteiger partial charge is 0.321 e. The number of ether oxygens (including phenoxy) is 4. The number of amides is 3. The molecule has 6 atom stereocenters. The van der Waals surface area contributed by atoms with Crippen molar-refractivity contribution < 1.29 is 32.9 Å². The minimum absolute atomic E-state index is 0.00290. The summed E-state index contributed by atoms with van der Waals surface area (Å²) in [7, 11) is 3.45. The average Bonchev–Trinajstić information content (AvgIpc) is 3.37. The largest absolute Gasteiger partial charge is 0.382 e. The van der Waals surface area contributed by atoms with Gasteiger partial charge in [0.15, 0.2) is 0 Å². The normalized spacial score (nSPS) is 30.6. The van der Waals surface area contributed by atoms with E-state index in [0.29, 0.717) is 69.2 Å². The number of methoxy groups -OCH3 is 2. The first-order valence-corrected chi connectivity index (χ1v) is 15.1. The molecule has 10 heteroatoms. The number of carbonyl (C=O) groups is 2. The van der Waals surface area contributed by atoms with Gasteiger partial charge in [0.25, 0.3) is 0 Å². The first-order valence-electron chi connectivity index (χ1n) is 15.1. The van der Waals surface area contributed by atoms with Crippen LogP contribution in [0.4, 0.5) is 14.9 Å². The molecular weight excluding hydrogens is 529 g/mol. The molecule has 41 heavy (non-hydrogen) atoms. The van der Waals surface area contributed by atoms with E-state index in [1.165, 1.54) is 6.07 Å². The molecule has 2 heterocycles. The molecule has 5 rings (SSSR count). The predicted octanol–water partition coefficient (Wildman–Crippen LogP) is 4.38. The van der Waals surface area contributed by atoms with Gasteiger partial charge in [0.2, 0.25) is 5.91 Å². The van der Waals surface area contributed by atoms with Gasteiger partial charge in [-0.1, -0.05) is 12.1 Å². The van der Waals surface area contributed by atoms with Gasteiger partial charge < -0.3 is 34.1 Å². The maximum atomic E-state index is 14.2. The van der Waals surface area contributed by atoms with Crippen LogP contribution in [0.5, 0.6) is 0 Å². The number of likely N-dealkylation sites (tertiary alicyclic amines) is 2. The van der Waals surface area contributed by atoms with Crippen molar-refractivity contribution in [3.05, 3.63) is 30.1 Å². The molecule has 0 radical (unpaired) electrons. The van der Waals surface area contributed by atoms with Crippen LogP contribution >= 0.6 is 0 Å². The molecule has 0 bridgehead atoms. The maximum absolute atomic E-state index is 14.2. The van der Waals surface area contributed by atoms with Crippen molar-refractivity contribution in [3.63, 3.8) is 0 Å². The highest BCUT2D eigenvalue weighted by molar-refractivity contribution is 5.89. The van der Waals surface area contributed by atoms with Crippen molar-refractivity contribution >= 4 is 17.6 Å². The van der Waals surface area contributed by atoms with Crippen molar-refractivity contribution in [1.82, 2.24) is 9.80 Å². The third-order valence-corrected chi connectivity index (χ3v) is 10.4. The van der Waals surface area contributed by atoms with Gasteiger partial charge in [0.1, 0.15) is 12.6 Å². The summed E-state index contributed by atoms with van der Waals surface area (Å²) in [5, 5.41) is 2.75. The van der Waals surface area contributed by atoms with Crippen LogP contribution < -0.4 is 5.32 Å². The average molecular weight is 576 g/mol. The summed E-state index contributed by atoms with van der Waals surface area (Å²) in [5.74, 6) is 1.57. The quantitative estimate of drug-likeness (QED) is 0.348. The van der Waals surface area contributed by atoms with Crippen LogP contribution in [-0.2, 0) is 23.7 Å². The predicted molar refractivity (Wildman–Crippen MR) is 152 cm³/mol. The lowest BCUT2D eigenvalue weighted by Gasteiger charge is -2.58. The van der Waals surface area contributed by atoms with E-state index in [1.54, 1.807) is 37.1 Å². The molecule has 2 aliphatic carbocycles. The van der Waals surface area contributed by atoms with Crippen molar-refractivity contribution in [2.45, 2.75) is 57.6 Å². The summed E-state index contributed by atoms with van der Waals surface area (Å²) >= 11 is 0. The topological polar surface area (TPSA) is 89.6 Å². The lowest BCUT2D eigenvalue weighted by molar-refractivity contribution is -0.158. The van der Waals surface area contributed by atoms with Crippen LogP contribution in [-0.4, -0.2) is 94.4 Å². The number of piperidine rings is 2. The van der Waals surface area contributed by atoms with Crippen molar-refractivity contribution in [2.24, 2.45) is 29.1 Å². The minimum Gasteiger partial charge on any atom is -0.382 e. The third kappa shape index (κ3) is 6.40. The van der Waals surface area contributed by atoms with E-state index in [1.807, 2.05) is 7.11 Å². The molecule has 1 N–H and O–H groups in total. The first kappa shape index (κ1) is 30.2. The van der Waals surface area contributed by atoms with Gasteiger partial charge >= 0.3 is 6.03 Å². The van der Waals surface area contributed by atoms with Crippen LogP contribution in [0.3, 0.4) is 0 Å². The van der Waals surface area contributed by atoms with Gasteiger partial charge in [0, 0.05) is 40.8 Å². The third-order valence-electron chi connectivity index (χ3n) is 10.4. The molecule has 1 aromatic carbocycles. The summed E-state index contributed by atoms with van der Waals surface area (Å²) in [6.45, 7) is 5.13. The summed E-state index contributed by atoms with van der Waals surface area (Å²) in [4.78, 5) is 30.0.